The van der Waals surface area contributed by atoms with Crippen molar-refractivity contribution < 1.29 is 18.7 Å². The first kappa shape index (κ1) is 29.5. The molecule has 3 aliphatic rings. The van der Waals surface area contributed by atoms with Crippen LogP contribution in [0.15, 0.2) is 42.6 Å². The van der Waals surface area contributed by atoms with Crippen molar-refractivity contribution in [1.29, 1.82) is 0 Å². The Morgan fingerprint density at radius 2 is 1.90 bits per heavy atom. The van der Waals surface area contributed by atoms with E-state index in [-0.39, 0.29) is 41.9 Å². The van der Waals surface area contributed by atoms with Gasteiger partial charge < -0.3 is 25.3 Å². The third-order valence-electron chi connectivity index (χ3n) is 9.52. The molecule has 6 rings (SSSR count). The molecule has 2 heterocycles. The molecule has 3 N–H and O–H groups in total. The summed E-state index contributed by atoms with van der Waals surface area (Å²) in [5.74, 6) is 1.07. The van der Waals surface area contributed by atoms with Gasteiger partial charge >= 0.3 is 0 Å². The third kappa shape index (κ3) is 5.74. The number of aromatic nitrogens is 1. The first-order valence-electron chi connectivity index (χ1n) is 14.7. The highest BCUT2D eigenvalue weighted by molar-refractivity contribution is 6.14. The summed E-state index contributed by atoms with van der Waals surface area (Å²) >= 11 is 0. The van der Waals surface area contributed by atoms with E-state index in [1.54, 1.807) is 13.2 Å². The highest BCUT2D eigenvalue weighted by atomic mass is 35.5. The maximum absolute atomic E-state index is 14.6. The second kappa shape index (κ2) is 12.5. The Kier molecular flexibility index (Phi) is 9.02. The Hall–Kier alpha value is -2.94. The number of amides is 2. The van der Waals surface area contributed by atoms with Crippen LogP contribution in [0.2, 0.25) is 0 Å². The maximum Gasteiger partial charge on any atom is 0.256 e. The SMILES string of the molecule is COCCn1cc(C(=O)N2CCC(c3cc(CN)ccc3F)CC2)c2c(NC(=O)C3CC4CCC3C4)cccc21.Cl. The number of halogens is 2. The van der Waals surface area contributed by atoms with Gasteiger partial charge in [-0.1, -0.05) is 24.6 Å². The average molecular weight is 583 g/mol. The fraction of sp³-hybridized carbons (Fsp3) is 0.500. The summed E-state index contributed by atoms with van der Waals surface area (Å²) < 4.78 is 22.0. The molecule has 3 unspecified atom stereocenters. The lowest BCUT2D eigenvalue weighted by molar-refractivity contribution is -0.121. The molecule has 2 aliphatic carbocycles. The van der Waals surface area contributed by atoms with Crippen molar-refractivity contribution in [3.63, 3.8) is 0 Å². The van der Waals surface area contributed by atoms with Crippen LogP contribution in [0.3, 0.4) is 0 Å². The Labute approximate surface area is 247 Å². The summed E-state index contributed by atoms with van der Waals surface area (Å²) in [5.41, 5.74) is 9.58. The molecule has 3 aromatic rings. The molecule has 7 nitrogen and oxygen atoms in total. The lowest BCUT2D eigenvalue weighted by atomic mass is 9.88. The molecule has 2 amide bonds. The number of nitrogens with one attached hydrogen (secondary N) is 1. The number of hydrogen-bond donors (Lipinski definition) is 2. The van der Waals surface area contributed by atoms with Gasteiger partial charge in [-0.15, -0.1) is 12.4 Å². The van der Waals surface area contributed by atoms with E-state index in [2.05, 4.69) is 5.32 Å². The molecule has 220 valence electrons. The van der Waals surface area contributed by atoms with E-state index in [0.29, 0.717) is 74.3 Å². The van der Waals surface area contributed by atoms with Crippen molar-refractivity contribution in [1.82, 2.24) is 9.47 Å². The van der Waals surface area contributed by atoms with Crippen molar-refractivity contribution >= 4 is 40.8 Å². The highest BCUT2D eigenvalue weighted by Crippen LogP contribution is 2.48. The highest BCUT2D eigenvalue weighted by Gasteiger charge is 2.43. The van der Waals surface area contributed by atoms with E-state index >= 15 is 0 Å². The second-order valence-electron chi connectivity index (χ2n) is 11.8. The van der Waals surface area contributed by atoms with Gasteiger partial charge in [0.2, 0.25) is 5.91 Å². The van der Waals surface area contributed by atoms with E-state index in [9.17, 15) is 14.0 Å². The molecule has 2 aromatic carbocycles. The number of piperidine rings is 1. The maximum atomic E-state index is 14.6. The number of nitrogens with two attached hydrogens (primary N) is 1. The molecular weight excluding hydrogens is 543 g/mol. The molecule has 1 aromatic heterocycles. The lowest BCUT2D eigenvalue weighted by Crippen LogP contribution is -2.38. The second-order valence-corrected chi connectivity index (χ2v) is 11.8. The number of ether oxygens (including phenoxy) is 1. The van der Waals surface area contributed by atoms with E-state index in [0.717, 1.165) is 35.7 Å². The smallest absolute Gasteiger partial charge is 0.256 e. The number of methoxy groups -OCH3 is 1. The van der Waals surface area contributed by atoms with Crippen molar-refractivity contribution in [3.05, 3.63) is 65.1 Å². The van der Waals surface area contributed by atoms with Crippen molar-refractivity contribution in [2.75, 3.05) is 32.1 Å². The molecule has 1 saturated heterocycles. The van der Waals surface area contributed by atoms with Crippen LogP contribution in [0.5, 0.6) is 0 Å². The molecule has 2 saturated carbocycles. The molecular formula is C32H40ClFN4O3. The standard InChI is InChI=1S/C32H39FN4O3.ClH/c1-40-14-13-37-19-26(32(39)36-11-9-22(10-12-36)24-17-21(18-34)6-8-27(24)33)30-28(3-2-4-29(30)37)35-31(38)25-16-20-5-7-23(25)15-20;/h2-4,6,8,17,19-20,22-23,25H,5,7,9-16,18,34H2,1H3,(H,35,38);1H. The van der Waals surface area contributed by atoms with Crippen LogP contribution in [0.25, 0.3) is 10.9 Å². The van der Waals surface area contributed by atoms with Gasteiger partial charge in [0.25, 0.3) is 5.91 Å². The quantitative estimate of drug-likeness (QED) is 0.356. The molecule has 2 bridgehead atoms. The molecule has 3 atom stereocenters. The van der Waals surface area contributed by atoms with Gasteiger partial charge in [0, 0.05) is 50.8 Å². The number of rotatable bonds is 8. The van der Waals surface area contributed by atoms with Gasteiger partial charge in [-0.3, -0.25) is 9.59 Å². The molecule has 3 fully saturated rings. The average Bonchev–Trinajstić information content (AvgIpc) is 3.71. The lowest BCUT2D eigenvalue weighted by Gasteiger charge is -2.32. The summed E-state index contributed by atoms with van der Waals surface area (Å²) in [6, 6.07) is 10.9. The van der Waals surface area contributed by atoms with Gasteiger partial charge in [-0.05, 0) is 79.2 Å². The van der Waals surface area contributed by atoms with Crippen molar-refractivity contribution in [2.24, 2.45) is 23.5 Å². The van der Waals surface area contributed by atoms with Crippen LogP contribution >= 0.6 is 12.4 Å². The zero-order valence-corrected chi connectivity index (χ0v) is 24.4. The molecule has 9 heteroatoms. The summed E-state index contributed by atoms with van der Waals surface area (Å²) in [6.45, 7) is 2.57. The van der Waals surface area contributed by atoms with Gasteiger partial charge in [-0.2, -0.15) is 0 Å². The van der Waals surface area contributed by atoms with Crippen LogP contribution in [0.1, 0.15) is 65.9 Å². The number of fused-ring (bicyclic) bond motifs is 3. The predicted octanol–water partition coefficient (Wildman–Crippen LogP) is 5.70. The van der Waals surface area contributed by atoms with Crippen LogP contribution in [0, 0.1) is 23.6 Å². The van der Waals surface area contributed by atoms with Crippen LogP contribution in [-0.4, -0.2) is 48.1 Å². The van der Waals surface area contributed by atoms with Crippen LogP contribution in [0.4, 0.5) is 10.1 Å². The number of carbonyl (C=O) groups is 2. The summed E-state index contributed by atoms with van der Waals surface area (Å²) in [6.07, 6.45) is 7.79. The summed E-state index contributed by atoms with van der Waals surface area (Å²) in [5, 5.41) is 4.00. The fourth-order valence-corrected chi connectivity index (χ4v) is 7.38. The topological polar surface area (TPSA) is 89.6 Å². The van der Waals surface area contributed by atoms with Gasteiger partial charge in [-0.25, -0.2) is 4.39 Å². The fourth-order valence-electron chi connectivity index (χ4n) is 7.38. The molecule has 0 radical (unpaired) electrons. The van der Waals surface area contributed by atoms with Crippen LogP contribution in [-0.2, 0) is 22.6 Å². The Bertz CT molecular complexity index is 1420. The molecule has 1 aliphatic heterocycles. The third-order valence-corrected chi connectivity index (χ3v) is 9.52. The summed E-state index contributed by atoms with van der Waals surface area (Å²) in [7, 11) is 1.66. The van der Waals surface area contributed by atoms with E-state index in [1.165, 1.54) is 12.5 Å². The summed E-state index contributed by atoms with van der Waals surface area (Å²) in [4.78, 5) is 29.2. The minimum Gasteiger partial charge on any atom is -0.383 e. The van der Waals surface area contributed by atoms with Crippen molar-refractivity contribution in [3.8, 4) is 0 Å². The zero-order chi connectivity index (χ0) is 27.8. The largest absolute Gasteiger partial charge is 0.383 e. The van der Waals surface area contributed by atoms with Gasteiger partial charge in [0.05, 0.1) is 23.4 Å². The Morgan fingerprint density at radius 1 is 1.10 bits per heavy atom. The molecule has 41 heavy (non-hydrogen) atoms. The minimum atomic E-state index is -0.209. The normalized spacial score (nSPS) is 22.2. The number of nitrogens with zero attached hydrogens (tertiary/aromatic N) is 2. The number of anilines is 1. The number of benzene rings is 2. The monoisotopic (exact) mass is 582 g/mol. The zero-order valence-electron chi connectivity index (χ0n) is 23.6. The molecule has 0 spiro atoms. The van der Waals surface area contributed by atoms with E-state index in [1.807, 2.05) is 39.9 Å². The predicted molar refractivity (Wildman–Crippen MR) is 161 cm³/mol. The number of carbonyl (C=O) groups excluding carboxylic acids is 2. The number of likely N-dealkylation sites (tertiary alicyclic amines) is 1. The van der Waals surface area contributed by atoms with Crippen molar-refractivity contribution in [2.45, 2.75) is 57.5 Å². The number of hydrogen-bond acceptors (Lipinski definition) is 4. The van der Waals surface area contributed by atoms with Gasteiger partial charge in [0.1, 0.15) is 5.82 Å². The van der Waals surface area contributed by atoms with Gasteiger partial charge in [0.15, 0.2) is 0 Å². The minimum absolute atomic E-state index is 0. The van der Waals surface area contributed by atoms with E-state index < -0.39 is 0 Å². The first-order chi connectivity index (χ1) is 19.5. The Balaban J connectivity index is 0.00000337. The first-order valence-corrected chi connectivity index (χ1v) is 14.7. The Morgan fingerprint density at radius 3 is 2.59 bits per heavy atom. The van der Waals surface area contributed by atoms with E-state index in [4.69, 9.17) is 10.5 Å². The van der Waals surface area contributed by atoms with Crippen LogP contribution < -0.4 is 11.1 Å².